The molecule has 5 unspecified atom stereocenters. The third-order valence-corrected chi connectivity index (χ3v) is 22.8. The molecule has 7 heterocycles. The van der Waals surface area contributed by atoms with Gasteiger partial charge in [0.15, 0.2) is 12.1 Å². The predicted molar refractivity (Wildman–Crippen MR) is 490 cm³/mol. The van der Waals surface area contributed by atoms with Gasteiger partial charge in [-0.1, -0.05) is 131 Å². The van der Waals surface area contributed by atoms with Gasteiger partial charge < -0.3 is 55.5 Å². The van der Waals surface area contributed by atoms with Gasteiger partial charge in [-0.05, 0) is 226 Å². The fourth-order valence-corrected chi connectivity index (χ4v) is 15.7. The minimum atomic E-state index is -0.628. The van der Waals surface area contributed by atoms with Crippen LogP contribution < -0.4 is 51.8 Å². The van der Waals surface area contributed by atoms with Gasteiger partial charge >= 0.3 is 46.4 Å². The van der Waals surface area contributed by atoms with Crippen LogP contribution in [-0.4, -0.2) is 110 Å². The number of aromatic nitrogens is 4. The maximum atomic E-state index is 12.5. The summed E-state index contributed by atoms with van der Waals surface area (Å²) in [5.41, 5.74) is 10.7. The second-order valence-electron chi connectivity index (χ2n) is 27.6. The molecule has 121 heavy (non-hydrogen) atoms. The molecule has 17 rings (SSSR count). The molecule has 0 spiro atoms. The van der Waals surface area contributed by atoms with Crippen LogP contribution in [0.3, 0.4) is 0 Å². The maximum absolute atomic E-state index is 12.5. The van der Waals surface area contributed by atoms with Crippen LogP contribution >= 0.6 is 61.3 Å². The number of aliphatic hydroxyl groups is 3. The number of nitrogens with one attached hydrogen (secondary N) is 1. The quantitative estimate of drug-likeness (QED) is 0.0185. The molecule has 0 amide bonds. The Labute approximate surface area is 747 Å². The molecule has 28 heteroatoms. The van der Waals surface area contributed by atoms with E-state index < -0.39 is 23.9 Å². The van der Waals surface area contributed by atoms with E-state index in [1.54, 1.807) is 93.6 Å². The van der Waals surface area contributed by atoms with E-state index in [-0.39, 0.29) is 95.9 Å². The number of hydrogen-bond acceptors (Lipinski definition) is 25. The number of nitrogens with zero attached hydrogens (tertiary/aromatic N) is 5. The number of carbonyl (C=O) groups is 3. The molecule has 0 fully saturated rings. The second-order valence-corrected chi connectivity index (χ2v) is 33.2. The minimum absolute atomic E-state index is 0. The SMILES string of the molecule is CC(=O)Cc1nc2ccccc2s1.CC(=O)c1cccc(O)c1.CC(Br)c1ccc2cc(-c3nc4ccccc4s3)c(=O)oc2c1.CC(O)c1ccc(C=O)c(O)c1.CC(O)c1ccc2cc(-c3nc4ccccc4s3)c(=O)oc2c1.CC(O)c1cccc(O)c1.CC(c1ccc2cc(-c3nc4ccccc4s3)c(=O)oc2c1)N(C)C.CNC.[B].[H-].[Na+]. The molecule has 0 aliphatic heterocycles. The fraction of sp³-hybridized carbons (Fsp3) is 0.183. The van der Waals surface area contributed by atoms with E-state index >= 15 is 0 Å². The number of halogens is 1. The molecule has 5 atom stereocenters. The van der Waals surface area contributed by atoms with E-state index in [1.807, 2.05) is 187 Å². The zero-order valence-corrected chi connectivity index (χ0v) is 75.2. The number of benzene rings is 10. The average Bonchev–Trinajstić information content (AvgIpc) is 1.43. The number of aliphatic hydroxyl groups excluding tert-OH is 3. The van der Waals surface area contributed by atoms with Crippen molar-refractivity contribution in [3.63, 3.8) is 0 Å². The number of alkyl halides is 1. The Balaban J connectivity index is 0.000000199. The second kappa shape index (κ2) is 45.1. The number of fused-ring (bicyclic) bond motifs is 7. The van der Waals surface area contributed by atoms with Crippen molar-refractivity contribution in [3.8, 4) is 49.0 Å². The third kappa shape index (κ3) is 26.1. The summed E-state index contributed by atoms with van der Waals surface area (Å²) in [5.74, 6) is 0.365. The van der Waals surface area contributed by atoms with Gasteiger partial charge in [-0.3, -0.25) is 14.4 Å². The molecule has 3 radical (unpaired) electrons. The number of phenolic OH excluding ortho intramolecular Hbond substituents is 3. The monoisotopic (exact) mass is 1770 g/mol. The number of aromatic hydroxyl groups is 3. The molecular formula is C93H88BBrN6NaO15S4. The van der Waals surface area contributed by atoms with Crippen LogP contribution in [0.25, 0.3) is 105 Å². The van der Waals surface area contributed by atoms with Crippen molar-refractivity contribution in [1.29, 1.82) is 0 Å². The Morgan fingerprint density at radius 1 is 0.463 bits per heavy atom. The molecule has 0 saturated carbocycles. The zero-order chi connectivity index (χ0) is 85.7. The Bertz CT molecular complexity index is 6300. The van der Waals surface area contributed by atoms with E-state index in [1.165, 1.54) is 65.2 Å². The minimum Gasteiger partial charge on any atom is -1.00 e. The summed E-state index contributed by atoms with van der Waals surface area (Å²) < 4.78 is 20.9. The van der Waals surface area contributed by atoms with Crippen molar-refractivity contribution in [2.75, 3.05) is 28.2 Å². The average molecular weight is 1770 g/mol. The molecular weight excluding hydrogens is 1680 g/mol. The molecule has 0 saturated heterocycles. The molecule has 17 aromatic rings. The molecule has 10 aromatic carbocycles. The maximum Gasteiger partial charge on any atom is 1.00 e. The van der Waals surface area contributed by atoms with E-state index in [4.69, 9.17) is 33.7 Å². The smallest absolute Gasteiger partial charge is 1.00 e. The molecule has 21 nitrogen and oxygen atoms in total. The zero-order valence-electron chi connectivity index (χ0n) is 69.4. The summed E-state index contributed by atoms with van der Waals surface area (Å²) in [6, 6.07) is 71.9. The van der Waals surface area contributed by atoms with Crippen LogP contribution in [0, 0.1) is 0 Å². The Morgan fingerprint density at radius 3 is 1.17 bits per heavy atom. The molecule has 7 N–H and O–H groups in total. The van der Waals surface area contributed by atoms with E-state index in [2.05, 4.69) is 59.1 Å². The first-order chi connectivity index (χ1) is 57.0. The first kappa shape index (κ1) is 95.6. The number of ketones is 2. The van der Waals surface area contributed by atoms with Gasteiger partial charge in [0, 0.05) is 41.0 Å². The van der Waals surface area contributed by atoms with Crippen molar-refractivity contribution in [3.05, 3.63) is 312 Å². The number of aldehydes is 1. The van der Waals surface area contributed by atoms with E-state index in [0.29, 0.717) is 77.9 Å². The summed E-state index contributed by atoms with van der Waals surface area (Å²) in [5, 5.41) is 63.2. The van der Waals surface area contributed by atoms with Gasteiger partial charge in [0.25, 0.3) is 0 Å². The van der Waals surface area contributed by atoms with Crippen molar-refractivity contribution in [1.82, 2.24) is 30.2 Å². The van der Waals surface area contributed by atoms with Crippen molar-refractivity contribution >= 4 is 161 Å². The van der Waals surface area contributed by atoms with Crippen LogP contribution in [0.4, 0.5) is 0 Å². The van der Waals surface area contributed by atoms with Gasteiger partial charge in [-0.2, -0.15) is 0 Å². The topological polar surface area (TPSA) is 330 Å². The normalized spacial score (nSPS) is 11.9. The van der Waals surface area contributed by atoms with Crippen LogP contribution in [0.2, 0.25) is 0 Å². The summed E-state index contributed by atoms with van der Waals surface area (Å²) in [7, 11) is 7.81. The van der Waals surface area contributed by atoms with Crippen molar-refractivity contribution in [2.45, 2.75) is 84.1 Å². The summed E-state index contributed by atoms with van der Waals surface area (Å²) in [6.07, 6.45) is -0.710. The van der Waals surface area contributed by atoms with E-state index in [0.717, 1.165) is 78.7 Å². The Kier molecular flexibility index (Phi) is 35.7. The number of hydrogen-bond donors (Lipinski definition) is 7. The van der Waals surface area contributed by atoms with Gasteiger partial charge in [0.1, 0.15) is 59.8 Å². The van der Waals surface area contributed by atoms with Gasteiger partial charge in [-0.15, -0.1) is 45.3 Å². The van der Waals surface area contributed by atoms with Crippen LogP contribution in [-0.2, 0) is 11.2 Å². The van der Waals surface area contributed by atoms with Crippen LogP contribution in [0.1, 0.15) is 133 Å². The number of rotatable bonds is 13. The fourth-order valence-electron chi connectivity index (χ4n) is 11.5. The number of thiazole rings is 4. The van der Waals surface area contributed by atoms with Gasteiger partial charge in [0.2, 0.25) is 0 Å². The van der Waals surface area contributed by atoms with E-state index in [9.17, 15) is 39.0 Å². The molecule has 0 bridgehead atoms. The summed E-state index contributed by atoms with van der Waals surface area (Å²) in [6.45, 7) is 12.1. The molecule has 7 aromatic heterocycles. The number of carbonyl (C=O) groups excluding carboxylic acids is 3. The van der Waals surface area contributed by atoms with Crippen molar-refractivity contribution in [2.24, 2.45) is 0 Å². The number of Topliss-reactive ketones (excluding diaryl/α,β-unsaturated/α-hetero) is 2. The number of para-hydroxylation sites is 4. The molecule has 0 aliphatic carbocycles. The van der Waals surface area contributed by atoms with Crippen LogP contribution in [0.5, 0.6) is 17.2 Å². The molecule has 615 valence electrons. The molecule has 0 aliphatic rings. The third-order valence-electron chi connectivity index (χ3n) is 18.1. The van der Waals surface area contributed by atoms with Crippen molar-refractivity contribution < 1.29 is 89.3 Å². The largest absolute Gasteiger partial charge is 1.00 e. The summed E-state index contributed by atoms with van der Waals surface area (Å²) in [4.78, 5) is 89.4. The summed E-state index contributed by atoms with van der Waals surface area (Å²) >= 11 is 9.60. The number of phenols is 3. The van der Waals surface area contributed by atoms with Gasteiger partial charge in [-0.25, -0.2) is 34.3 Å². The Hall–Kier alpha value is -10.9. The predicted octanol–water partition coefficient (Wildman–Crippen LogP) is 17.6. The van der Waals surface area contributed by atoms with Gasteiger partial charge in [0.05, 0.1) is 87.9 Å². The van der Waals surface area contributed by atoms with Crippen LogP contribution in [0.15, 0.2) is 264 Å². The first-order valence-corrected chi connectivity index (χ1v) is 41.6. The Morgan fingerprint density at radius 2 is 0.818 bits per heavy atom. The standard InChI is InChI=1S/C20H18N2O2S.C18H12BrNO2S.C18H13NO3S.C10H9NOS.C9H10O3.C8H10O2.C8H8O2.C2H7N.B.Na.H/c1-12(22(2)3)13-8-9-14-10-15(20(23)24-17(14)11-13)19-21-16-6-4-5-7-18(16)25-19;1-10(19)11-6-7-12-8-13(18(21)22-15(12)9-11)17-20-14-4-2-3-5-16(14)23-17;1-10(20)11-6-7-12-8-13(18(21)22-15(12)9-11)17-19-14-4-2-3-5-16(14)23-17;1-7(12)6-10-11-8-4-2-3-5-9(8)13-10;1-6(11)7-2-3-8(5-10)9(12)4-7;2*1-6(9)7-3-2-4-8(10)5-7;1-3-2;;;/h4-12H,1-3H3;2-10H,1H3;2-10,20H,1H3;2-5H,6H2,1H3;2-6,11-12H,1H3;2-6,9-10H,1H3;2-5,10H,1H3;3H,1-2H3;;;/q;;;;;;;;;+1;-1. The first-order valence-electron chi connectivity index (χ1n) is 37.4.